The molecule has 1 aromatic rings. The summed E-state index contributed by atoms with van der Waals surface area (Å²) >= 11 is 6.01. The summed E-state index contributed by atoms with van der Waals surface area (Å²) < 4.78 is 13.0. The highest BCUT2D eigenvalue weighted by molar-refractivity contribution is 6.31. The summed E-state index contributed by atoms with van der Waals surface area (Å²) in [6.45, 7) is 5.36. The maximum Gasteiger partial charge on any atom is 0.320 e. The first kappa shape index (κ1) is 15.2. The standard InChI is InChI=1S/C14H18ClFN2O2/c1-10(14(19)20)18-6-4-17(5-7-18)9-11-2-3-12(16)8-13(11)15/h2-3,8,10H,4-7,9H2,1H3,(H,19,20)/t10-/m1/s1. The molecule has 1 fully saturated rings. The van der Waals surface area contributed by atoms with Crippen LogP contribution in [0, 0.1) is 5.82 Å². The lowest BCUT2D eigenvalue weighted by Crippen LogP contribution is -2.51. The lowest BCUT2D eigenvalue weighted by atomic mass is 10.1. The number of carbonyl (C=O) groups is 1. The molecule has 0 amide bonds. The van der Waals surface area contributed by atoms with Gasteiger partial charge < -0.3 is 5.11 Å². The van der Waals surface area contributed by atoms with Gasteiger partial charge in [-0.2, -0.15) is 0 Å². The van der Waals surface area contributed by atoms with Crippen LogP contribution in [0.5, 0.6) is 0 Å². The number of aliphatic carboxylic acids is 1. The Morgan fingerprint density at radius 2 is 2.05 bits per heavy atom. The van der Waals surface area contributed by atoms with Crippen molar-refractivity contribution in [1.29, 1.82) is 0 Å². The van der Waals surface area contributed by atoms with Crippen LogP contribution in [0.25, 0.3) is 0 Å². The normalized spacial score (nSPS) is 18.9. The summed E-state index contributed by atoms with van der Waals surface area (Å²) in [5, 5.41) is 9.43. The van der Waals surface area contributed by atoms with Crippen molar-refractivity contribution < 1.29 is 14.3 Å². The fourth-order valence-electron chi connectivity index (χ4n) is 2.36. The molecule has 1 aliphatic rings. The van der Waals surface area contributed by atoms with Gasteiger partial charge in [-0.25, -0.2) is 4.39 Å². The van der Waals surface area contributed by atoms with Crippen LogP contribution in [0.2, 0.25) is 5.02 Å². The number of halogens is 2. The van der Waals surface area contributed by atoms with E-state index in [4.69, 9.17) is 16.7 Å². The SMILES string of the molecule is C[C@H](C(=O)O)N1CCN(Cc2ccc(F)cc2Cl)CC1. The first-order valence-electron chi connectivity index (χ1n) is 6.60. The highest BCUT2D eigenvalue weighted by Crippen LogP contribution is 2.20. The first-order chi connectivity index (χ1) is 9.47. The maximum atomic E-state index is 13.0. The largest absolute Gasteiger partial charge is 0.480 e. The Kier molecular flexibility index (Phi) is 4.96. The van der Waals surface area contributed by atoms with Gasteiger partial charge in [0.1, 0.15) is 11.9 Å². The van der Waals surface area contributed by atoms with Gasteiger partial charge in [-0.15, -0.1) is 0 Å². The lowest BCUT2D eigenvalue weighted by molar-refractivity contribution is -0.143. The van der Waals surface area contributed by atoms with Crippen LogP contribution in [0.4, 0.5) is 4.39 Å². The Bertz CT molecular complexity index is 490. The van der Waals surface area contributed by atoms with Crippen LogP contribution in [0.1, 0.15) is 12.5 Å². The fraction of sp³-hybridized carbons (Fsp3) is 0.500. The molecule has 1 aromatic carbocycles. The maximum absolute atomic E-state index is 13.0. The molecule has 2 rings (SSSR count). The average molecular weight is 301 g/mol. The van der Waals surface area contributed by atoms with E-state index in [-0.39, 0.29) is 5.82 Å². The van der Waals surface area contributed by atoms with Crippen molar-refractivity contribution in [3.8, 4) is 0 Å². The van der Waals surface area contributed by atoms with E-state index in [1.54, 1.807) is 13.0 Å². The number of nitrogens with zero attached hydrogens (tertiary/aromatic N) is 2. The van der Waals surface area contributed by atoms with Gasteiger partial charge >= 0.3 is 5.97 Å². The first-order valence-corrected chi connectivity index (χ1v) is 6.98. The Hall–Kier alpha value is -1.17. The molecular formula is C14H18ClFN2O2. The molecule has 0 bridgehead atoms. The molecule has 1 heterocycles. The summed E-state index contributed by atoms with van der Waals surface area (Å²) in [5.41, 5.74) is 0.896. The van der Waals surface area contributed by atoms with E-state index < -0.39 is 12.0 Å². The highest BCUT2D eigenvalue weighted by atomic mass is 35.5. The molecule has 0 saturated carbocycles. The lowest BCUT2D eigenvalue weighted by Gasteiger charge is -2.36. The predicted molar refractivity (Wildman–Crippen MR) is 75.4 cm³/mol. The molecule has 1 N–H and O–H groups in total. The Morgan fingerprint density at radius 1 is 1.40 bits per heavy atom. The van der Waals surface area contributed by atoms with E-state index in [0.717, 1.165) is 18.7 Å². The molecule has 110 valence electrons. The van der Waals surface area contributed by atoms with Gasteiger partial charge in [-0.05, 0) is 24.6 Å². The number of benzene rings is 1. The van der Waals surface area contributed by atoms with Crippen molar-refractivity contribution in [3.05, 3.63) is 34.6 Å². The van der Waals surface area contributed by atoms with Gasteiger partial charge in [-0.1, -0.05) is 17.7 Å². The highest BCUT2D eigenvalue weighted by Gasteiger charge is 2.25. The second-order valence-electron chi connectivity index (χ2n) is 5.06. The molecule has 0 radical (unpaired) electrons. The number of carboxylic acid groups (broad SMARTS) is 1. The average Bonchev–Trinajstić information content (AvgIpc) is 2.42. The van der Waals surface area contributed by atoms with Gasteiger partial charge in [0, 0.05) is 37.7 Å². The van der Waals surface area contributed by atoms with Crippen molar-refractivity contribution in [3.63, 3.8) is 0 Å². The number of hydrogen-bond acceptors (Lipinski definition) is 3. The van der Waals surface area contributed by atoms with Crippen LogP contribution in [-0.4, -0.2) is 53.1 Å². The fourth-order valence-corrected chi connectivity index (χ4v) is 2.58. The van der Waals surface area contributed by atoms with E-state index in [1.807, 2.05) is 4.90 Å². The van der Waals surface area contributed by atoms with Gasteiger partial charge in [0.15, 0.2) is 0 Å². The molecule has 20 heavy (non-hydrogen) atoms. The third-order valence-electron chi connectivity index (χ3n) is 3.72. The zero-order valence-electron chi connectivity index (χ0n) is 11.4. The predicted octanol–water partition coefficient (Wildman–Crippen LogP) is 2.07. The van der Waals surface area contributed by atoms with Crippen molar-refractivity contribution in [2.45, 2.75) is 19.5 Å². The topological polar surface area (TPSA) is 43.8 Å². The van der Waals surface area contributed by atoms with Gasteiger partial charge in [0.05, 0.1) is 0 Å². The van der Waals surface area contributed by atoms with E-state index in [9.17, 15) is 9.18 Å². The van der Waals surface area contributed by atoms with E-state index in [2.05, 4.69) is 4.90 Å². The van der Waals surface area contributed by atoms with Gasteiger partial charge in [0.25, 0.3) is 0 Å². The minimum atomic E-state index is -0.792. The molecule has 1 aliphatic heterocycles. The van der Waals surface area contributed by atoms with Crippen LogP contribution in [0.3, 0.4) is 0 Å². The Morgan fingerprint density at radius 3 is 2.60 bits per heavy atom. The summed E-state index contributed by atoms with van der Waals surface area (Å²) in [6.07, 6.45) is 0. The molecule has 4 nitrogen and oxygen atoms in total. The molecule has 6 heteroatoms. The van der Waals surface area contributed by atoms with E-state index in [1.165, 1.54) is 12.1 Å². The van der Waals surface area contributed by atoms with E-state index in [0.29, 0.717) is 24.7 Å². The third kappa shape index (κ3) is 3.69. The summed E-state index contributed by atoms with van der Waals surface area (Å²) in [7, 11) is 0. The second kappa shape index (κ2) is 6.52. The smallest absolute Gasteiger partial charge is 0.320 e. The summed E-state index contributed by atoms with van der Waals surface area (Å²) in [6, 6.07) is 3.97. The zero-order valence-corrected chi connectivity index (χ0v) is 12.1. The van der Waals surface area contributed by atoms with Crippen LogP contribution in [0.15, 0.2) is 18.2 Å². The minimum Gasteiger partial charge on any atom is -0.480 e. The number of rotatable bonds is 4. The monoisotopic (exact) mass is 300 g/mol. The third-order valence-corrected chi connectivity index (χ3v) is 4.07. The zero-order chi connectivity index (χ0) is 14.7. The molecule has 0 unspecified atom stereocenters. The number of hydrogen-bond donors (Lipinski definition) is 1. The van der Waals surface area contributed by atoms with Crippen molar-refractivity contribution in [2.75, 3.05) is 26.2 Å². The van der Waals surface area contributed by atoms with Crippen LogP contribution >= 0.6 is 11.6 Å². The number of piperazine rings is 1. The molecule has 0 aromatic heterocycles. The molecule has 0 spiro atoms. The molecule has 1 atom stereocenters. The van der Waals surface area contributed by atoms with Gasteiger partial charge in [-0.3, -0.25) is 14.6 Å². The van der Waals surface area contributed by atoms with Crippen LogP contribution in [-0.2, 0) is 11.3 Å². The molecule has 0 aliphatic carbocycles. The molecular weight excluding hydrogens is 283 g/mol. The van der Waals surface area contributed by atoms with Crippen molar-refractivity contribution in [2.24, 2.45) is 0 Å². The quantitative estimate of drug-likeness (QED) is 0.924. The molecule has 1 saturated heterocycles. The van der Waals surface area contributed by atoms with Gasteiger partial charge in [0.2, 0.25) is 0 Å². The Balaban J connectivity index is 1.90. The van der Waals surface area contributed by atoms with Crippen molar-refractivity contribution in [1.82, 2.24) is 9.80 Å². The minimum absolute atomic E-state index is 0.334. The summed E-state index contributed by atoms with van der Waals surface area (Å²) in [5.74, 6) is -1.13. The van der Waals surface area contributed by atoms with Crippen LogP contribution < -0.4 is 0 Å². The van der Waals surface area contributed by atoms with E-state index >= 15 is 0 Å². The van der Waals surface area contributed by atoms with Crippen molar-refractivity contribution >= 4 is 17.6 Å². The Labute approximate surface area is 122 Å². The second-order valence-corrected chi connectivity index (χ2v) is 5.47. The summed E-state index contributed by atoms with van der Waals surface area (Å²) in [4.78, 5) is 15.1. The number of carboxylic acids is 1.